The minimum absolute atomic E-state index is 0.176. The Kier molecular flexibility index (Phi) is 8.81. The smallest absolute Gasteiger partial charge is 0.432 e. The summed E-state index contributed by atoms with van der Waals surface area (Å²) in [7, 11) is 0. The van der Waals surface area contributed by atoms with Crippen molar-refractivity contribution in [3.8, 4) is 0 Å². The van der Waals surface area contributed by atoms with E-state index in [9.17, 15) is 4.79 Å². The molecule has 92 valence electrons. The molecule has 0 aromatic carbocycles. The van der Waals surface area contributed by atoms with Crippen LogP contribution in [0.3, 0.4) is 0 Å². The largest absolute Gasteiger partial charge is 0.509 e. The number of hydrogen-bond donors (Lipinski definition) is 1. The first-order valence-corrected chi connectivity index (χ1v) is 5.94. The van der Waals surface area contributed by atoms with Crippen molar-refractivity contribution in [2.45, 2.75) is 45.2 Å². The van der Waals surface area contributed by atoms with Crippen LogP contribution in [-0.4, -0.2) is 17.7 Å². The lowest BCUT2D eigenvalue weighted by atomic mass is 10.3. The second-order valence-corrected chi connectivity index (χ2v) is 3.98. The van der Waals surface area contributed by atoms with E-state index in [1.165, 1.54) is 0 Å². The van der Waals surface area contributed by atoms with Crippen LogP contribution in [0.1, 0.15) is 33.6 Å². The number of ether oxygens (including phenoxy) is 2. The zero-order chi connectivity index (χ0) is 12.4. The van der Waals surface area contributed by atoms with Gasteiger partial charge in [-0.15, -0.1) is 12.6 Å². The average molecular weight is 244 g/mol. The Bertz CT molecular complexity index is 247. The molecule has 1 unspecified atom stereocenters. The zero-order valence-electron chi connectivity index (χ0n) is 10.1. The first kappa shape index (κ1) is 15.1. The normalized spacial score (nSPS) is 13.6. The minimum atomic E-state index is -0.691. The van der Waals surface area contributed by atoms with Gasteiger partial charge in [0.2, 0.25) is 0 Å². The summed E-state index contributed by atoms with van der Waals surface area (Å²) in [4.78, 5) is 11.1. The van der Waals surface area contributed by atoms with Crippen LogP contribution in [0.2, 0.25) is 0 Å². The molecule has 0 N–H and O–H groups in total. The highest BCUT2D eigenvalue weighted by Crippen LogP contribution is 2.04. The van der Waals surface area contributed by atoms with E-state index in [4.69, 9.17) is 9.47 Å². The molecule has 0 saturated carbocycles. The van der Waals surface area contributed by atoms with Crippen LogP contribution in [0.4, 0.5) is 4.79 Å². The van der Waals surface area contributed by atoms with Crippen LogP contribution in [0.15, 0.2) is 24.3 Å². The van der Waals surface area contributed by atoms with Crippen molar-refractivity contribution < 1.29 is 14.3 Å². The van der Waals surface area contributed by atoms with Gasteiger partial charge in [-0.25, -0.2) is 4.79 Å². The van der Waals surface area contributed by atoms with Gasteiger partial charge in [-0.1, -0.05) is 25.2 Å². The number of carbonyl (C=O) groups excluding carboxylic acids is 1. The molecule has 0 aliphatic heterocycles. The van der Waals surface area contributed by atoms with Crippen LogP contribution in [0.25, 0.3) is 0 Å². The van der Waals surface area contributed by atoms with E-state index in [0.29, 0.717) is 0 Å². The molecule has 3 nitrogen and oxygen atoms in total. The molecular formula is C12H20O3S. The highest BCUT2D eigenvalue weighted by atomic mass is 32.1. The van der Waals surface area contributed by atoms with Crippen molar-refractivity contribution in [3.05, 3.63) is 24.3 Å². The first-order valence-electron chi connectivity index (χ1n) is 5.43. The molecule has 4 heteroatoms. The van der Waals surface area contributed by atoms with Gasteiger partial charge in [0.1, 0.15) is 0 Å². The van der Waals surface area contributed by atoms with Crippen LogP contribution in [0.5, 0.6) is 0 Å². The van der Waals surface area contributed by atoms with Crippen molar-refractivity contribution in [1.82, 2.24) is 0 Å². The van der Waals surface area contributed by atoms with Crippen molar-refractivity contribution in [3.63, 3.8) is 0 Å². The van der Waals surface area contributed by atoms with Gasteiger partial charge in [-0.05, 0) is 32.8 Å². The van der Waals surface area contributed by atoms with Crippen LogP contribution < -0.4 is 0 Å². The molecule has 0 heterocycles. The molecule has 0 saturated heterocycles. The molecule has 0 amide bonds. The van der Waals surface area contributed by atoms with Crippen molar-refractivity contribution >= 4 is 18.8 Å². The second kappa shape index (κ2) is 9.33. The lowest BCUT2D eigenvalue weighted by Crippen LogP contribution is -2.16. The van der Waals surface area contributed by atoms with E-state index in [1.54, 1.807) is 19.9 Å². The van der Waals surface area contributed by atoms with Gasteiger partial charge in [-0.2, -0.15) is 0 Å². The van der Waals surface area contributed by atoms with Crippen molar-refractivity contribution in [2.75, 3.05) is 0 Å². The third-order valence-electron chi connectivity index (χ3n) is 1.52. The minimum Gasteiger partial charge on any atom is -0.432 e. The quantitative estimate of drug-likeness (QED) is 0.335. The van der Waals surface area contributed by atoms with E-state index in [2.05, 4.69) is 25.6 Å². The molecule has 1 atom stereocenters. The first-order chi connectivity index (χ1) is 7.56. The lowest BCUT2D eigenvalue weighted by molar-refractivity contribution is 0.0359. The number of carbonyl (C=O) groups is 1. The van der Waals surface area contributed by atoms with E-state index in [1.807, 2.05) is 12.2 Å². The van der Waals surface area contributed by atoms with Gasteiger partial charge in [0.25, 0.3) is 0 Å². The molecule has 0 aliphatic carbocycles. The Morgan fingerprint density at radius 2 is 1.94 bits per heavy atom. The number of thiol groups is 1. The molecule has 0 radical (unpaired) electrons. The molecule has 16 heavy (non-hydrogen) atoms. The lowest BCUT2D eigenvalue weighted by Gasteiger charge is -2.10. The average Bonchev–Trinajstić information content (AvgIpc) is 2.15. The Labute approximate surface area is 103 Å². The highest BCUT2D eigenvalue weighted by Gasteiger charge is 2.09. The Balaban J connectivity index is 3.76. The maximum atomic E-state index is 11.1. The Hall–Kier alpha value is -0.900. The van der Waals surface area contributed by atoms with Crippen LogP contribution in [0, 0.1) is 0 Å². The number of hydrogen-bond acceptors (Lipinski definition) is 4. The van der Waals surface area contributed by atoms with Crippen molar-refractivity contribution in [1.29, 1.82) is 0 Å². The van der Waals surface area contributed by atoms with Crippen LogP contribution >= 0.6 is 12.6 Å². The van der Waals surface area contributed by atoms with Gasteiger partial charge < -0.3 is 9.47 Å². The molecule has 0 aromatic rings. The fourth-order valence-corrected chi connectivity index (χ4v) is 1.10. The topological polar surface area (TPSA) is 35.5 Å². The van der Waals surface area contributed by atoms with Gasteiger partial charge in [0.15, 0.2) is 5.44 Å². The van der Waals surface area contributed by atoms with Gasteiger partial charge in [0.05, 0.1) is 6.10 Å². The summed E-state index contributed by atoms with van der Waals surface area (Å²) in [5.74, 6) is 0. The molecule has 0 bridgehead atoms. The molecular weight excluding hydrogens is 224 g/mol. The summed E-state index contributed by atoms with van der Waals surface area (Å²) in [6.07, 6.45) is 8.70. The monoisotopic (exact) mass is 244 g/mol. The standard InChI is InChI=1S/C12H20O3S/c1-4-5-6-7-8-9-11(16)15-12(13)14-10(2)3/h5-6,8-11,16H,4,7H2,1-3H3/b6-5-,9-8-. The highest BCUT2D eigenvalue weighted by molar-refractivity contribution is 7.81. The summed E-state index contributed by atoms with van der Waals surface area (Å²) in [5, 5.41) is 0. The van der Waals surface area contributed by atoms with E-state index in [-0.39, 0.29) is 6.10 Å². The predicted molar refractivity (Wildman–Crippen MR) is 68.7 cm³/mol. The Morgan fingerprint density at radius 1 is 1.25 bits per heavy atom. The van der Waals surface area contributed by atoms with Gasteiger partial charge >= 0.3 is 6.16 Å². The molecule has 0 spiro atoms. The summed E-state index contributed by atoms with van der Waals surface area (Å²) < 4.78 is 9.67. The fourth-order valence-electron chi connectivity index (χ4n) is 0.895. The van der Waals surface area contributed by atoms with E-state index in [0.717, 1.165) is 12.8 Å². The fraction of sp³-hybridized carbons (Fsp3) is 0.583. The summed E-state index contributed by atoms with van der Waals surface area (Å²) in [5.41, 5.74) is -0.554. The molecule has 0 aliphatic rings. The SMILES string of the molecule is CC/C=C\C/C=C\C(S)OC(=O)OC(C)C. The third-order valence-corrected chi connectivity index (χ3v) is 1.80. The van der Waals surface area contributed by atoms with Crippen molar-refractivity contribution in [2.24, 2.45) is 0 Å². The second-order valence-electron chi connectivity index (χ2n) is 3.47. The molecule has 0 rings (SSSR count). The van der Waals surface area contributed by atoms with Gasteiger partial charge in [0, 0.05) is 0 Å². The third kappa shape index (κ3) is 9.65. The van der Waals surface area contributed by atoms with Crippen LogP contribution in [-0.2, 0) is 9.47 Å². The summed E-state index contributed by atoms with van der Waals surface area (Å²) in [6.45, 7) is 5.60. The Morgan fingerprint density at radius 3 is 2.50 bits per heavy atom. The number of rotatable bonds is 6. The van der Waals surface area contributed by atoms with Gasteiger partial charge in [-0.3, -0.25) is 0 Å². The maximum Gasteiger partial charge on any atom is 0.509 e. The van der Waals surface area contributed by atoms with E-state index >= 15 is 0 Å². The number of allylic oxidation sites excluding steroid dienone is 3. The zero-order valence-corrected chi connectivity index (χ0v) is 10.9. The molecule has 0 fully saturated rings. The summed E-state index contributed by atoms with van der Waals surface area (Å²) in [6, 6.07) is 0. The molecule has 0 aromatic heterocycles. The maximum absolute atomic E-state index is 11.1. The van der Waals surface area contributed by atoms with E-state index < -0.39 is 11.6 Å². The predicted octanol–water partition coefficient (Wildman–Crippen LogP) is 3.72. The summed E-state index contributed by atoms with van der Waals surface area (Å²) >= 11 is 4.08.